The number of rotatable bonds is 6. The zero-order chi connectivity index (χ0) is 18.5. The first-order valence-corrected chi connectivity index (χ1v) is 6.81. The first kappa shape index (κ1) is 19.4. The Morgan fingerprint density at radius 2 is 1.83 bits per heavy atom. The lowest BCUT2D eigenvalue weighted by molar-refractivity contribution is -0.384. The molecule has 1 aromatic carbocycles. The van der Waals surface area contributed by atoms with Crippen molar-refractivity contribution in [1.82, 2.24) is 4.90 Å². The fourth-order valence-electron chi connectivity index (χ4n) is 1.94. The maximum atomic E-state index is 12.6. The molecule has 132 valence electrons. The third-order valence-electron chi connectivity index (χ3n) is 3.17. The summed E-state index contributed by atoms with van der Waals surface area (Å²) in [5.41, 5.74) is 0.145. The van der Waals surface area contributed by atoms with E-state index in [1.54, 1.807) is 0 Å². The summed E-state index contributed by atoms with van der Waals surface area (Å²) >= 11 is 0. The average Bonchev–Trinajstić information content (AvgIpc) is 2.50. The van der Waals surface area contributed by atoms with Gasteiger partial charge < -0.3 is 9.64 Å². The molecule has 0 fully saturated rings. The van der Waals surface area contributed by atoms with E-state index in [-0.39, 0.29) is 23.6 Å². The third kappa shape index (κ3) is 4.93. The molecule has 24 heavy (non-hydrogen) atoms. The Hall–Kier alpha value is -2.65. The highest BCUT2D eigenvalue weighted by molar-refractivity contribution is 5.87. The summed E-state index contributed by atoms with van der Waals surface area (Å²) in [5, 5.41) is 10.6. The molecule has 7 nitrogen and oxygen atoms in total. The Balaban J connectivity index is 3.04. The van der Waals surface area contributed by atoms with Crippen molar-refractivity contribution in [1.29, 1.82) is 0 Å². The van der Waals surface area contributed by atoms with E-state index in [9.17, 15) is 32.9 Å². The molecule has 0 N–H and O–H groups in total. The molecule has 0 saturated carbocycles. The average molecular weight is 348 g/mol. The van der Waals surface area contributed by atoms with Gasteiger partial charge in [0, 0.05) is 25.6 Å². The van der Waals surface area contributed by atoms with Crippen molar-refractivity contribution in [2.24, 2.45) is 0 Å². The Morgan fingerprint density at radius 3 is 2.25 bits per heavy atom. The van der Waals surface area contributed by atoms with Crippen molar-refractivity contribution in [3.05, 3.63) is 39.9 Å². The minimum absolute atomic E-state index is 0.0658. The summed E-state index contributed by atoms with van der Waals surface area (Å²) in [6, 6.07) is 3.42. The molecule has 0 aliphatic carbocycles. The number of nitro groups is 1. The van der Waals surface area contributed by atoms with E-state index in [2.05, 4.69) is 0 Å². The van der Waals surface area contributed by atoms with Crippen LogP contribution in [0.15, 0.2) is 24.3 Å². The SMILES string of the molecule is CCOC(=O)[C@H](Cc1ccc([N+](=O)[O-])cc1)N(C)C(=O)C(F)(F)F. The number of likely N-dealkylation sites (N-methyl/N-ethyl adjacent to an activating group) is 1. The van der Waals surface area contributed by atoms with Gasteiger partial charge >= 0.3 is 18.1 Å². The van der Waals surface area contributed by atoms with Crippen LogP contribution in [-0.2, 0) is 20.7 Å². The van der Waals surface area contributed by atoms with Gasteiger partial charge in [-0.3, -0.25) is 14.9 Å². The lowest BCUT2D eigenvalue weighted by Crippen LogP contribution is -2.49. The highest BCUT2D eigenvalue weighted by atomic mass is 19.4. The number of hydrogen-bond acceptors (Lipinski definition) is 5. The summed E-state index contributed by atoms with van der Waals surface area (Å²) in [5.74, 6) is -3.17. The van der Waals surface area contributed by atoms with E-state index in [1.807, 2.05) is 0 Å². The molecular weight excluding hydrogens is 333 g/mol. The van der Waals surface area contributed by atoms with Crippen molar-refractivity contribution in [2.45, 2.75) is 25.6 Å². The molecule has 1 aromatic rings. The van der Waals surface area contributed by atoms with E-state index in [1.165, 1.54) is 19.1 Å². The van der Waals surface area contributed by atoms with Crippen molar-refractivity contribution >= 4 is 17.6 Å². The Morgan fingerprint density at radius 1 is 1.29 bits per heavy atom. The third-order valence-corrected chi connectivity index (χ3v) is 3.17. The highest BCUT2D eigenvalue weighted by Crippen LogP contribution is 2.21. The standard InChI is InChI=1S/C14H15F3N2O5/c1-3-24-12(20)11(18(2)13(21)14(15,16)17)8-9-4-6-10(7-5-9)19(22)23/h4-7,11H,3,8H2,1-2H3/t11-/m0/s1. The van der Waals surface area contributed by atoms with Gasteiger partial charge in [-0.1, -0.05) is 12.1 Å². The summed E-state index contributed by atoms with van der Waals surface area (Å²) in [7, 11) is 0.850. The second kappa shape index (κ2) is 7.75. The number of non-ortho nitro benzene ring substituents is 1. The maximum absolute atomic E-state index is 12.6. The number of amides is 1. The second-order valence-electron chi connectivity index (χ2n) is 4.81. The van der Waals surface area contributed by atoms with Crippen LogP contribution in [0.25, 0.3) is 0 Å². The molecule has 0 aliphatic rings. The molecule has 0 aliphatic heterocycles. The molecule has 0 heterocycles. The van der Waals surface area contributed by atoms with Crippen LogP contribution in [-0.4, -0.2) is 47.6 Å². The number of alkyl halides is 3. The molecule has 10 heteroatoms. The summed E-state index contributed by atoms with van der Waals surface area (Å²) in [6.45, 7) is 1.41. The fraction of sp³-hybridized carbons (Fsp3) is 0.429. The number of carbonyl (C=O) groups excluding carboxylic acids is 2. The number of nitro benzene ring substituents is 1. The van der Waals surface area contributed by atoms with Crippen LogP contribution in [0.3, 0.4) is 0 Å². The van der Waals surface area contributed by atoms with Crippen molar-refractivity contribution < 1.29 is 32.4 Å². The first-order chi connectivity index (χ1) is 11.1. The van der Waals surface area contributed by atoms with Gasteiger partial charge in [0.1, 0.15) is 6.04 Å². The second-order valence-corrected chi connectivity index (χ2v) is 4.81. The van der Waals surface area contributed by atoms with Crippen LogP contribution in [0, 0.1) is 10.1 Å². The zero-order valence-electron chi connectivity index (χ0n) is 12.9. The van der Waals surface area contributed by atoms with Crippen LogP contribution < -0.4 is 0 Å². The topological polar surface area (TPSA) is 89.8 Å². The van der Waals surface area contributed by atoms with E-state index >= 15 is 0 Å². The van der Waals surface area contributed by atoms with Crippen molar-refractivity contribution in [3.63, 3.8) is 0 Å². The predicted octanol–water partition coefficient (Wildman–Crippen LogP) is 2.09. The molecule has 1 rings (SSSR count). The zero-order valence-corrected chi connectivity index (χ0v) is 12.9. The molecule has 0 aromatic heterocycles. The minimum atomic E-state index is -5.13. The van der Waals surface area contributed by atoms with Crippen LogP contribution in [0.4, 0.5) is 18.9 Å². The lowest BCUT2D eigenvalue weighted by atomic mass is 10.0. The molecule has 0 spiro atoms. The summed E-state index contributed by atoms with van der Waals surface area (Å²) in [6.07, 6.45) is -5.40. The molecular formula is C14H15F3N2O5. The van der Waals surface area contributed by atoms with E-state index < -0.39 is 29.0 Å². The maximum Gasteiger partial charge on any atom is 0.471 e. The van der Waals surface area contributed by atoms with Gasteiger partial charge in [0.2, 0.25) is 0 Å². The van der Waals surface area contributed by atoms with Gasteiger partial charge in [-0.25, -0.2) is 4.79 Å². The molecule has 0 saturated heterocycles. The van der Waals surface area contributed by atoms with Gasteiger partial charge in [0.25, 0.3) is 5.69 Å². The monoisotopic (exact) mass is 348 g/mol. The van der Waals surface area contributed by atoms with E-state index in [0.717, 1.165) is 19.2 Å². The Bertz CT molecular complexity index is 616. The molecule has 0 bridgehead atoms. The van der Waals surface area contributed by atoms with Crippen LogP contribution >= 0.6 is 0 Å². The van der Waals surface area contributed by atoms with E-state index in [0.29, 0.717) is 5.56 Å². The minimum Gasteiger partial charge on any atom is -0.464 e. The largest absolute Gasteiger partial charge is 0.471 e. The molecule has 1 atom stereocenters. The number of ether oxygens (including phenoxy) is 1. The van der Waals surface area contributed by atoms with Crippen LogP contribution in [0.5, 0.6) is 0 Å². The number of esters is 1. The van der Waals surface area contributed by atoms with Crippen LogP contribution in [0.1, 0.15) is 12.5 Å². The number of halogens is 3. The Kier molecular flexibility index (Phi) is 6.27. The molecule has 0 unspecified atom stereocenters. The smallest absolute Gasteiger partial charge is 0.464 e. The van der Waals surface area contributed by atoms with Gasteiger partial charge in [0.05, 0.1) is 11.5 Å². The number of hydrogen-bond donors (Lipinski definition) is 0. The van der Waals surface area contributed by atoms with Crippen molar-refractivity contribution in [2.75, 3.05) is 13.7 Å². The van der Waals surface area contributed by atoms with E-state index in [4.69, 9.17) is 4.74 Å². The highest BCUT2D eigenvalue weighted by Gasteiger charge is 2.44. The normalized spacial score (nSPS) is 12.4. The molecule has 0 radical (unpaired) electrons. The fourth-order valence-corrected chi connectivity index (χ4v) is 1.94. The van der Waals surface area contributed by atoms with Gasteiger partial charge in [-0.2, -0.15) is 13.2 Å². The lowest BCUT2D eigenvalue weighted by Gasteiger charge is -2.27. The Labute approximate surface area is 135 Å². The van der Waals surface area contributed by atoms with Gasteiger partial charge in [-0.15, -0.1) is 0 Å². The van der Waals surface area contributed by atoms with Gasteiger partial charge in [-0.05, 0) is 12.5 Å². The number of benzene rings is 1. The summed E-state index contributed by atoms with van der Waals surface area (Å²) < 4.78 is 42.4. The van der Waals surface area contributed by atoms with Crippen molar-refractivity contribution in [3.8, 4) is 0 Å². The molecule has 1 amide bonds. The predicted molar refractivity (Wildman–Crippen MR) is 76.0 cm³/mol. The number of nitrogens with zero attached hydrogens (tertiary/aromatic N) is 2. The number of carbonyl (C=O) groups is 2. The quantitative estimate of drug-likeness (QED) is 0.446. The summed E-state index contributed by atoms with van der Waals surface area (Å²) in [4.78, 5) is 33.5. The van der Waals surface area contributed by atoms with Crippen LogP contribution in [0.2, 0.25) is 0 Å². The van der Waals surface area contributed by atoms with Gasteiger partial charge in [0.15, 0.2) is 0 Å². The first-order valence-electron chi connectivity index (χ1n) is 6.81.